The van der Waals surface area contributed by atoms with Gasteiger partial charge in [-0.2, -0.15) is 0 Å². The maximum absolute atomic E-state index is 13.2. The number of rotatable bonds is 7. The van der Waals surface area contributed by atoms with Crippen molar-refractivity contribution in [3.05, 3.63) is 107 Å². The molecule has 4 aromatic rings. The standard InChI is InChI=1S/C29H26N2O4/c1-2-35-22-14-12-20(13-15-22)27(32)25-26(19-8-4-3-5-9-19)31(29(34)28(25)33)17-16-21-18-30-24-11-7-6-10-23(21)24/h3-15,18,26,30,32H,2,16-17H2,1H3/t26-/m0/s1. The van der Waals surface area contributed by atoms with E-state index in [1.807, 2.05) is 67.7 Å². The first kappa shape index (κ1) is 22.5. The molecule has 0 spiro atoms. The van der Waals surface area contributed by atoms with Crippen LogP contribution in [0.1, 0.15) is 29.7 Å². The Hall–Kier alpha value is -4.32. The summed E-state index contributed by atoms with van der Waals surface area (Å²) in [5, 5.41) is 12.3. The van der Waals surface area contributed by atoms with E-state index in [1.54, 1.807) is 29.2 Å². The van der Waals surface area contributed by atoms with Gasteiger partial charge in [0.2, 0.25) is 0 Å². The number of aliphatic hydroxyl groups excluding tert-OH is 1. The van der Waals surface area contributed by atoms with Crippen molar-refractivity contribution in [2.24, 2.45) is 0 Å². The van der Waals surface area contributed by atoms with E-state index in [-0.39, 0.29) is 11.3 Å². The van der Waals surface area contributed by atoms with E-state index in [1.165, 1.54) is 0 Å². The molecule has 0 saturated carbocycles. The first-order chi connectivity index (χ1) is 17.1. The maximum Gasteiger partial charge on any atom is 0.295 e. The third kappa shape index (κ3) is 4.19. The highest BCUT2D eigenvalue weighted by Crippen LogP contribution is 2.39. The van der Waals surface area contributed by atoms with Gasteiger partial charge in [-0.15, -0.1) is 0 Å². The molecule has 1 amide bonds. The lowest BCUT2D eigenvalue weighted by Crippen LogP contribution is -2.31. The van der Waals surface area contributed by atoms with Gasteiger partial charge in [0.1, 0.15) is 11.5 Å². The number of fused-ring (bicyclic) bond motifs is 1. The molecule has 1 aromatic heterocycles. The predicted molar refractivity (Wildman–Crippen MR) is 135 cm³/mol. The minimum atomic E-state index is -0.677. The van der Waals surface area contributed by atoms with Gasteiger partial charge in [-0.3, -0.25) is 9.59 Å². The summed E-state index contributed by atoms with van der Waals surface area (Å²) in [4.78, 5) is 31.2. The molecule has 6 nitrogen and oxygen atoms in total. The molecule has 1 aliphatic heterocycles. The third-order valence-corrected chi connectivity index (χ3v) is 6.39. The number of amides is 1. The average Bonchev–Trinajstić information content (AvgIpc) is 3.42. The monoisotopic (exact) mass is 466 g/mol. The lowest BCUT2D eigenvalue weighted by Gasteiger charge is -2.25. The number of aliphatic hydroxyl groups is 1. The smallest absolute Gasteiger partial charge is 0.295 e. The van der Waals surface area contributed by atoms with Crippen molar-refractivity contribution in [3.8, 4) is 5.75 Å². The van der Waals surface area contributed by atoms with Crippen LogP contribution in [-0.2, 0) is 16.0 Å². The Balaban J connectivity index is 1.52. The summed E-state index contributed by atoms with van der Waals surface area (Å²) >= 11 is 0. The number of hydrogen-bond acceptors (Lipinski definition) is 4. The second kappa shape index (κ2) is 9.50. The number of ether oxygens (including phenoxy) is 1. The van der Waals surface area contributed by atoms with E-state index in [0.717, 1.165) is 22.0 Å². The van der Waals surface area contributed by atoms with Crippen LogP contribution < -0.4 is 4.74 Å². The summed E-state index contributed by atoms with van der Waals surface area (Å²) < 4.78 is 5.48. The highest BCUT2D eigenvalue weighted by atomic mass is 16.5. The average molecular weight is 467 g/mol. The van der Waals surface area contributed by atoms with Crippen LogP contribution in [0, 0.1) is 0 Å². The number of nitrogens with one attached hydrogen (secondary N) is 1. The minimum Gasteiger partial charge on any atom is -0.507 e. The fraction of sp³-hybridized carbons (Fsp3) is 0.172. The van der Waals surface area contributed by atoms with Gasteiger partial charge in [-0.25, -0.2) is 0 Å². The molecule has 5 rings (SSSR count). The number of likely N-dealkylation sites (tertiary alicyclic amines) is 1. The van der Waals surface area contributed by atoms with Crippen LogP contribution in [-0.4, -0.2) is 39.8 Å². The molecular formula is C29H26N2O4. The molecule has 0 radical (unpaired) electrons. The number of ketones is 1. The number of aromatic nitrogens is 1. The molecule has 0 unspecified atom stereocenters. The lowest BCUT2D eigenvalue weighted by molar-refractivity contribution is -0.139. The highest BCUT2D eigenvalue weighted by molar-refractivity contribution is 6.46. The van der Waals surface area contributed by atoms with Crippen LogP contribution in [0.3, 0.4) is 0 Å². The van der Waals surface area contributed by atoms with Crippen LogP contribution in [0.25, 0.3) is 16.7 Å². The molecule has 2 N–H and O–H groups in total. The van der Waals surface area contributed by atoms with Crippen LogP contribution in [0.15, 0.2) is 90.6 Å². The molecule has 1 fully saturated rings. The zero-order valence-electron chi connectivity index (χ0n) is 19.4. The zero-order chi connectivity index (χ0) is 24.4. The summed E-state index contributed by atoms with van der Waals surface area (Å²) in [6.07, 6.45) is 2.52. The molecule has 2 heterocycles. The molecule has 35 heavy (non-hydrogen) atoms. The first-order valence-corrected chi connectivity index (χ1v) is 11.7. The van der Waals surface area contributed by atoms with Gasteiger partial charge in [0, 0.05) is 29.2 Å². The van der Waals surface area contributed by atoms with Crippen molar-refractivity contribution in [2.45, 2.75) is 19.4 Å². The second-order valence-corrected chi connectivity index (χ2v) is 8.47. The van der Waals surface area contributed by atoms with E-state index in [2.05, 4.69) is 4.98 Å². The molecule has 6 heteroatoms. The van der Waals surface area contributed by atoms with Crippen molar-refractivity contribution in [1.82, 2.24) is 9.88 Å². The third-order valence-electron chi connectivity index (χ3n) is 6.39. The molecule has 3 aromatic carbocycles. The molecule has 1 saturated heterocycles. The molecule has 1 atom stereocenters. The van der Waals surface area contributed by atoms with Crippen molar-refractivity contribution < 1.29 is 19.4 Å². The van der Waals surface area contributed by atoms with E-state index in [0.29, 0.717) is 30.9 Å². The van der Waals surface area contributed by atoms with Crippen molar-refractivity contribution in [2.75, 3.05) is 13.2 Å². The summed E-state index contributed by atoms with van der Waals surface area (Å²) in [7, 11) is 0. The topological polar surface area (TPSA) is 82.6 Å². The SMILES string of the molecule is CCOc1ccc(C(O)=C2C(=O)C(=O)N(CCc3c[nH]c4ccccc34)[C@H]2c2ccccc2)cc1. The van der Waals surface area contributed by atoms with Crippen LogP contribution in [0.2, 0.25) is 0 Å². The van der Waals surface area contributed by atoms with Gasteiger partial charge < -0.3 is 19.7 Å². The summed E-state index contributed by atoms with van der Waals surface area (Å²) in [6.45, 7) is 2.76. The summed E-state index contributed by atoms with van der Waals surface area (Å²) in [6, 6.07) is 23.6. The predicted octanol–water partition coefficient (Wildman–Crippen LogP) is 5.23. The number of carbonyl (C=O) groups excluding carboxylic acids is 2. The Morgan fingerprint density at radius 2 is 1.69 bits per heavy atom. The fourth-order valence-corrected chi connectivity index (χ4v) is 4.70. The summed E-state index contributed by atoms with van der Waals surface area (Å²) in [5.41, 5.74) is 3.44. The van der Waals surface area contributed by atoms with Crippen molar-refractivity contribution in [3.63, 3.8) is 0 Å². The van der Waals surface area contributed by atoms with E-state index < -0.39 is 17.7 Å². The molecule has 1 aliphatic rings. The number of nitrogens with zero attached hydrogens (tertiary/aromatic N) is 1. The minimum absolute atomic E-state index is 0.101. The lowest BCUT2D eigenvalue weighted by atomic mass is 9.95. The number of hydrogen-bond donors (Lipinski definition) is 2. The van der Waals surface area contributed by atoms with Crippen LogP contribution in [0.4, 0.5) is 0 Å². The molecule has 0 bridgehead atoms. The molecule has 176 valence electrons. The maximum atomic E-state index is 13.2. The van der Waals surface area contributed by atoms with Gasteiger partial charge in [0.25, 0.3) is 11.7 Å². The van der Waals surface area contributed by atoms with Gasteiger partial charge in [0.15, 0.2) is 0 Å². The Labute approximate surface area is 203 Å². The van der Waals surface area contributed by atoms with Crippen molar-refractivity contribution in [1.29, 1.82) is 0 Å². The van der Waals surface area contributed by atoms with E-state index in [4.69, 9.17) is 4.74 Å². The van der Waals surface area contributed by atoms with Crippen LogP contribution >= 0.6 is 0 Å². The largest absolute Gasteiger partial charge is 0.507 e. The van der Waals surface area contributed by atoms with Gasteiger partial charge >= 0.3 is 0 Å². The highest BCUT2D eigenvalue weighted by Gasteiger charge is 2.45. The zero-order valence-corrected chi connectivity index (χ0v) is 19.4. The number of carbonyl (C=O) groups is 2. The normalized spacial score (nSPS) is 17.3. The Morgan fingerprint density at radius 1 is 0.971 bits per heavy atom. The number of Topliss-reactive ketones (excluding diaryl/α,β-unsaturated/α-hetero) is 1. The number of benzene rings is 3. The Kier molecular flexibility index (Phi) is 6.10. The van der Waals surface area contributed by atoms with Gasteiger partial charge in [0.05, 0.1) is 18.2 Å². The second-order valence-electron chi connectivity index (χ2n) is 8.47. The first-order valence-electron chi connectivity index (χ1n) is 11.7. The molecule has 0 aliphatic carbocycles. The fourth-order valence-electron chi connectivity index (χ4n) is 4.70. The van der Waals surface area contributed by atoms with Gasteiger partial charge in [-0.05, 0) is 54.8 Å². The van der Waals surface area contributed by atoms with Crippen LogP contribution in [0.5, 0.6) is 5.75 Å². The van der Waals surface area contributed by atoms with Crippen molar-refractivity contribution >= 4 is 28.4 Å². The Bertz CT molecular complexity index is 1400. The quantitative estimate of drug-likeness (QED) is 0.222. The molecular weight excluding hydrogens is 440 g/mol. The Morgan fingerprint density at radius 3 is 2.43 bits per heavy atom. The summed E-state index contributed by atoms with van der Waals surface area (Å²) in [5.74, 6) is -0.798. The van der Waals surface area contributed by atoms with E-state index >= 15 is 0 Å². The number of H-pyrrole nitrogens is 1. The number of aromatic amines is 1. The van der Waals surface area contributed by atoms with E-state index in [9.17, 15) is 14.7 Å². The van der Waals surface area contributed by atoms with Gasteiger partial charge in [-0.1, -0.05) is 48.5 Å². The number of para-hydroxylation sites is 1.